The minimum Gasteiger partial charge on any atom is -0.481 e. The molecule has 1 saturated carbocycles. The van der Waals surface area contributed by atoms with Gasteiger partial charge in [0.1, 0.15) is 0 Å². The van der Waals surface area contributed by atoms with Crippen molar-refractivity contribution in [3.05, 3.63) is 0 Å². The first-order chi connectivity index (χ1) is 6.89. The quantitative estimate of drug-likeness (QED) is 0.754. The summed E-state index contributed by atoms with van der Waals surface area (Å²) < 4.78 is 0. The Kier molecular flexibility index (Phi) is 4.14. The molecule has 0 bridgehead atoms. The van der Waals surface area contributed by atoms with Crippen molar-refractivity contribution in [3.8, 4) is 0 Å². The Morgan fingerprint density at radius 2 is 2.00 bits per heavy atom. The topological polar surface area (TPSA) is 49.3 Å². The van der Waals surface area contributed by atoms with Crippen LogP contribution in [0.15, 0.2) is 0 Å². The van der Waals surface area contributed by atoms with E-state index in [0.717, 1.165) is 0 Å². The summed E-state index contributed by atoms with van der Waals surface area (Å²) in [5.74, 6) is -0.717. The molecule has 0 spiro atoms. The molecule has 3 nitrogen and oxygen atoms in total. The zero-order valence-electron chi connectivity index (χ0n) is 10.0. The molecule has 15 heavy (non-hydrogen) atoms. The molecule has 0 aliphatic heterocycles. The van der Waals surface area contributed by atoms with E-state index in [4.69, 9.17) is 5.11 Å². The molecule has 0 aromatic carbocycles. The summed E-state index contributed by atoms with van der Waals surface area (Å²) in [7, 11) is 0. The van der Waals surface area contributed by atoms with Crippen LogP contribution in [0.1, 0.15) is 52.9 Å². The Bertz CT molecular complexity index is 216. The van der Waals surface area contributed by atoms with E-state index in [2.05, 4.69) is 19.2 Å². The summed E-state index contributed by atoms with van der Waals surface area (Å²) in [5.41, 5.74) is 0.480. The van der Waals surface area contributed by atoms with Crippen LogP contribution >= 0.6 is 0 Å². The van der Waals surface area contributed by atoms with Crippen LogP contribution in [0, 0.1) is 5.41 Å². The lowest BCUT2D eigenvalue weighted by atomic mass is 9.75. The second kappa shape index (κ2) is 4.97. The Morgan fingerprint density at radius 1 is 1.47 bits per heavy atom. The van der Waals surface area contributed by atoms with Gasteiger partial charge in [0, 0.05) is 12.1 Å². The van der Waals surface area contributed by atoms with E-state index in [0.29, 0.717) is 11.5 Å². The molecule has 0 heterocycles. The number of hydrogen-bond donors (Lipinski definition) is 2. The summed E-state index contributed by atoms with van der Waals surface area (Å²) >= 11 is 0. The van der Waals surface area contributed by atoms with Gasteiger partial charge in [0.25, 0.3) is 0 Å². The normalized spacial score (nSPS) is 23.7. The van der Waals surface area contributed by atoms with Crippen molar-refractivity contribution in [1.82, 2.24) is 5.32 Å². The Labute approximate surface area is 92.3 Å². The molecule has 0 amide bonds. The molecule has 1 rings (SSSR count). The molecule has 0 aromatic heterocycles. The first-order valence-electron chi connectivity index (χ1n) is 5.87. The van der Waals surface area contributed by atoms with Gasteiger partial charge < -0.3 is 10.4 Å². The lowest BCUT2D eigenvalue weighted by Crippen LogP contribution is -2.41. The second-order valence-electron chi connectivity index (χ2n) is 5.60. The highest BCUT2D eigenvalue weighted by Gasteiger charge is 2.27. The SMILES string of the molecule is CC(CC(=O)O)NC1CCC(C)(C)CC1. The van der Waals surface area contributed by atoms with Crippen LogP contribution in [0.5, 0.6) is 0 Å². The fourth-order valence-electron chi connectivity index (χ4n) is 2.29. The highest BCUT2D eigenvalue weighted by Crippen LogP contribution is 2.35. The van der Waals surface area contributed by atoms with Crippen molar-refractivity contribution in [2.75, 3.05) is 0 Å². The molecule has 2 N–H and O–H groups in total. The third-order valence-corrected chi connectivity index (χ3v) is 3.34. The smallest absolute Gasteiger partial charge is 0.304 e. The molecule has 1 fully saturated rings. The van der Waals surface area contributed by atoms with Crippen LogP contribution in [0.4, 0.5) is 0 Å². The predicted octanol–water partition coefficient (Wildman–Crippen LogP) is 2.41. The summed E-state index contributed by atoms with van der Waals surface area (Å²) in [4.78, 5) is 10.5. The minimum atomic E-state index is -0.717. The van der Waals surface area contributed by atoms with E-state index in [1.165, 1.54) is 25.7 Å². The average Bonchev–Trinajstić information content (AvgIpc) is 2.07. The van der Waals surface area contributed by atoms with Gasteiger partial charge in [-0.1, -0.05) is 13.8 Å². The van der Waals surface area contributed by atoms with Crippen molar-refractivity contribution < 1.29 is 9.90 Å². The van der Waals surface area contributed by atoms with Crippen LogP contribution < -0.4 is 5.32 Å². The number of carboxylic acids is 1. The van der Waals surface area contributed by atoms with E-state index < -0.39 is 5.97 Å². The fraction of sp³-hybridized carbons (Fsp3) is 0.917. The molecule has 0 radical (unpaired) electrons. The lowest BCUT2D eigenvalue weighted by Gasteiger charge is -2.35. The van der Waals surface area contributed by atoms with E-state index in [9.17, 15) is 4.79 Å². The van der Waals surface area contributed by atoms with E-state index in [-0.39, 0.29) is 12.5 Å². The van der Waals surface area contributed by atoms with Gasteiger partial charge in [0.05, 0.1) is 6.42 Å². The van der Waals surface area contributed by atoms with Gasteiger partial charge in [-0.25, -0.2) is 0 Å². The van der Waals surface area contributed by atoms with Gasteiger partial charge in [-0.05, 0) is 38.0 Å². The number of carboxylic acid groups (broad SMARTS) is 1. The third kappa shape index (κ3) is 4.65. The average molecular weight is 213 g/mol. The van der Waals surface area contributed by atoms with Gasteiger partial charge in [0.2, 0.25) is 0 Å². The number of aliphatic carboxylic acids is 1. The molecular formula is C12H23NO2. The monoisotopic (exact) mass is 213 g/mol. The lowest BCUT2D eigenvalue weighted by molar-refractivity contribution is -0.137. The van der Waals surface area contributed by atoms with Gasteiger partial charge in [-0.2, -0.15) is 0 Å². The van der Waals surface area contributed by atoms with Crippen LogP contribution in [0.2, 0.25) is 0 Å². The van der Waals surface area contributed by atoms with Gasteiger partial charge in [-0.15, -0.1) is 0 Å². The summed E-state index contributed by atoms with van der Waals surface area (Å²) in [6.07, 6.45) is 5.06. The van der Waals surface area contributed by atoms with Gasteiger partial charge in [-0.3, -0.25) is 4.79 Å². The maximum atomic E-state index is 10.5. The first kappa shape index (κ1) is 12.5. The first-order valence-corrected chi connectivity index (χ1v) is 5.87. The summed E-state index contributed by atoms with van der Waals surface area (Å²) in [6, 6.07) is 0.612. The molecule has 0 saturated heterocycles. The van der Waals surface area contributed by atoms with Crippen molar-refractivity contribution in [2.24, 2.45) is 5.41 Å². The van der Waals surface area contributed by atoms with Crippen molar-refractivity contribution in [3.63, 3.8) is 0 Å². The molecular weight excluding hydrogens is 190 g/mol. The molecule has 1 atom stereocenters. The minimum absolute atomic E-state index is 0.0914. The van der Waals surface area contributed by atoms with Crippen LogP contribution in [-0.2, 0) is 4.79 Å². The number of nitrogens with one attached hydrogen (secondary N) is 1. The maximum absolute atomic E-state index is 10.5. The zero-order chi connectivity index (χ0) is 11.5. The Morgan fingerprint density at radius 3 is 2.47 bits per heavy atom. The number of hydrogen-bond acceptors (Lipinski definition) is 2. The Hall–Kier alpha value is -0.570. The van der Waals surface area contributed by atoms with Gasteiger partial charge >= 0.3 is 5.97 Å². The number of rotatable bonds is 4. The maximum Gasteiger partial charge on any atom is 0.304 e. The molecule has 1 aliphatic carbocycles. The van der Waals surface area contributed by atoms with E-state index >= 15 is 0 Å². The molecule has 3 heteroatoms. The standard InChI is InChI=1S/C12H23NO2/c1-9(8-11(14)15)13-10-4-6-12(2,3)7-5-10/h9-10,13H,4-8H2,1-3H3,(H,14,15). The highest BCUT2D eigenvalue weighted by molar-refractivity contribution is 5.67. The van der Waals surface area contributed by atoms with Gasteiger partial charge in [0.15, 0.2) is 0 Å². The number of carbonyl (C=O) groups is 1. The van der Waals surface area contributed by atoms with Crippen molar-refractivity contribution in [1.29, 1.82) is 0 Å². The van der Waals surface area contributed by atoms with Crippen molar-refractivity contribution in [2.45, 2.75) is 65.0 Å². The van der Waals surface area contributed by atoms with Crippen LogP contribution in [0.25, 0.3) is 0 Å². The van der Waals surface area contributed by atoms with E-state index in [1.54, 1.807) is 0 Å². The second-order valence-corrected chi connectivity index (χ2v) is 5.60. The van der Waals surface area contributed by atoms with Crippen LogP contribution in [0.3, 0.4) is 0 Å². The summed E-state index contributed by atoms with van der Waals surface area (Å²) in [5, 5.41) is 12.1. The highest BCUT2D eigenvalue weighted by atomic mass is 16.4. The fourth-order valence-corrected chi connectivity index (χ4v) is 2.29. The Balaban J connectivity index is 2.26. The molecule has 1 unspecified atom stereocenters. The molecule has 0 aromatic rings. The van der Waals surface area contributed by atoms with E-state index in [1.807, 2.05) is 6.92 Å². The van der Waals surface area contributed by atoms with Crippen molar-refractivity contribution >= 4 is 5.97 Å². The largest absolute Gasteiger partial charge is 0.481 e. The van der Waals surface area contributed by atoms with Crippen LogP contribution in [-0.4, -0.2) is 23.2 Å². The third-order valence-electron chi connectivity index (χ3n) is 3.34. The zero-order valence-corrected chi connectivity index (χ0v) is 10.0. The predicted molar refractivity (Wildman–Crippen MR) is 60.9 cm³/mol. The summed E-state index contributed by atoms with van der Waals surface area (Å²) in [6.45, 7) is 6.57. The molecule has 1 aliphatic rings. The molecule has 88 valence electrons.